The number of hydrogen-bond acceptors (Lipinski definition) is 3. The van der Waals surface area contributed by atoms with E-state index in [0.717, 1.165) is 3.07 Å². The first kappa shape index (κ1) is 11.0. The average molecular weight is 432 g/mol. The molecule has 0 saturated heterocycles. The van der Waals surface area contributed by atoms with Gasteiger partial charge in [-0.05, 0) is 0 Å². The van der Waals surface area contributed by atoms with Crippen LogP contribution < -0.4 is 3.07 Å². The second-order valence-electron chi connectivity index (χ2n) is 2.53. The number of carbonyl (C=O) groups excluding carboxylic acids is 1. The van der Waals surface area contributed by atoms with Crippen LogP contribution >= 0.6 is 15.9 Å². The molecule has 0 saturated carbocycles. The monoisotopic (exact) mass is 432 g/mol. The van der Waals surface area contributed by atoms with Crippen molar-refractivity contribution in [1.82, 2.24) is 0 Å². The maximum atomic E-state index is 10.6. The van der Waals surface area contributed by atoms with Crippen LogP contribution in [0.4, 0.5) is 0 Å². The average Bonchev–Trinajstić information content (AvgIpc) is 2.07. The molecular weight excluding hydrogens is 425 g/mol. The molecule has 0 heterocycles. The van der Waals surface area contributed by atoms with Gasteiger partial charge in [0.05, 0.1) is 0 Å². The molecule has 0 fully saturated rings. The standard InChI is InChI=1S/C6H4BrO.C2H4O2.Hg/c7-5-3-1-2-4-6(5)8;1-2(3)4;/h1-3,8H;1H3,(H,3,4);/q;;+1/p-1. The maximum absolute atomic E-state index is 10.6. The molecular formula is C8H7BrHgO3. The van der Waals surface area contributed by atoms with Crippen LogP contribution in [0.15, 0.2) is 22.7 Å². The summed E-state index contributed by atoms with van der Waals surface area (Å²) in [5, 5.41) is 9.53. The molecule has 13 heavy (non-hydrogen) atoms. The summed E-state index contributed by atoms with van der Waals surface area (Å²) >= 11 is 1.32. The van der Waals surface area contributed by atoms with Crippen molar-refractivity contribution in [3.05, 3.63) is 22.7 Å². The Labute approximate surface area is 97.3 Å². The van der Waals surface area contributed by atoms with E-state index in [4.69, 9.17) is 2.64 Å². The summed E-state index contributed by atoms with van der Waals surface area (Å²) in [4.78, 5) is 10.6. The van der Waals surface area contributed by atoms with E-state index in [1.165, 1.54) is 6.92 Å². The second-order valence-corrected chi connectivity index (χ2v) is 8.59. The molecule has 0 aliphatic carbocycles. The zero-order chi connectivity index (χ0) is 9.84. The molecule has 3 nitrogen and oxygen atoms in total. The topological polar surface area (TPSA) is 46.5 Å². The summed E-state index contributed by atoms with van der Waals surface area (Å²) in [6.07, 6.45) is 0. The number of phenols is 1. The number of rotatable bonds is 2. The normalized spacial score (nSPS) is 9.08. The minimum absolute atomic E-state index is 0.213. The van der Waals surface area contributed by atoms with Gasteiger partial charge < -0.3 is 0 Å². The van der Waals surface area contributed by atoms with Gasteiger partial charge in [-0.2, -0.15) is 0 Å². The molecule has 0 aromatic heterocycles. The minimum atomic E-state index is -1.88. The van der Waals surface area contributed by atoms with Crippen LogP contribution in [0.5, 0.6) is 5.75 Å². The molecule has 0 spiro atoms. The van der Waals surface area contributed by atoms with Crippen molar-refractivity contribution < 1.29 is 37.6 Å². The van der Waals surface area contributed by atoms with E-state index in [0.29, 0.717) is 4.47 Å². The summed E-state index contributed by atoms with van der Waals surface area (Å²) in [5.41, 5.74) is 0. The fourth-order valence-electron chi connectivity index (χ4n) is 0.856. The fraction of sp³-hybridized carbons (Fsp3) is 0.125. The van der Waals surface area contributed by atoms with Crippen LogP contribution in [0.3, 0.4) is 0 Å². The molecule has 0 amide bonds. The van der Waals surface area contributed by atoms with E-state index < -0.39 is 25.0 Å². The number of aromatic hydroxyl groups is 1. The number of halogens is 1. The summed E-state index contributed by atoms with van der Waals surface area (Å²) in [7, 11) is 0. The van der Waals surface area contributed by atoms with Crippen molar-refractivity contribution in [2.24, 2.45) is 0 Å². The van der Waals surface area contributed by atoms with Gasteiger partial charge in [-0.25, -0.2) is 0 Å². The number of hydrogen-bond donors (Lipinski definition) is 1. The predicted octanol–water partition coefficient (Wildman–Crippen LogP) is 1.34. The van der Waals surface area contributed by atoms with Crippen LogP contribution in [0.2, 0.25) is 0 Å². The van der Waals surface area contributed by atoms with Crippen molar-refractivity contribution >= 4 is 25.0 Å². The molecule has 5 heteroatoms. The van der Waals surface area contributed by atoms with Gasteiger partial charge in [0.25, 0.3) is 0 Å². The van der Waals surface area contributed by atoms with Gasteiger partial charge >= 0.3 is 97.9 Å². The summed E-state index contributed by atoms with van der Waals surface area (Å²) in [6, 6.07) is 5.37. The number of benzene rings is 1. The molecule has 66 valence electrons. The van der Waals surface area contributed by atoms with Crippen molar-refractivity contribution in [3.63, 3.8) is 0 Å². The van der Waals surface area contributed by atoms with Gasteiger partial charge in [-0.15, -0.1) is 0 Å². The van der Waals surface area contributed by atoms with Crippen molar-refractivity contribution in [2.45, 2.75) is 6.92 Å². The zero-order valence-corrected chi connectivity index (χ0v) is 14.2. The third-order valence-corrected chi connectivity index (χ3v) is 7.71. The Morgan fingerprint density at radius 1 is 1.62 bits per heavy atom. The Balaban J connectivity index is 2.77. The van der Waals surface area contributed by atoms with Crippen LogP contribution in [0.1, 0.15) is 6.92 Å². The SMILES string of the molecule is CC(=O)[O][Hg][c]1cccc(Br)c1O. The van der Waals surface area contributed by atoms with Gasteiger partial charge in [0.15, 0.2) is 0 Å². The number of para-hydroxylation sites is 1. The fourth-order valence-corrected chi connectivity index (χ4v) is 5.84. The Hall–Kier alpha value is -0.0949. The zero-order valence-electron chi connectivity index (χ0n) is 7.08. The quantitative estimate of drug-likeness (QED) is 0.719. The summed E-state index contributed by atoms with van der Waals surface area (Å²) in [6.45, 7) is 1.38. The van der Waals surface area contributed by atoms with E-state index in [2.05, 4.69) is 15.9 Å². The molecule has 1 aromatic rings. The van der Waals surface area contributed by atoms with E-state index in [1.54, 1.807) is 12.1 Å². The molecule has 1 N–H and O–H groups in total. The van der Waals surface area contributed by atoms with Crippen molar-refractivity contribution in [3.8, 4) is 5.75 Å². The third-order valence-electron chi connectivity index (χ3n) is 1.50. The summed E-state index contributed by atoms with van der Waals surface area (Å²) in [5.74, 6) is -0.0496. The molecule has 0 atom stereocenters. The first-order valence-electron chi connectivity index (χ1n) is 3.71. The van der Waals surface area contributed by atoms with E-state index in [1.807, 2.05) is 6.07 Å². The first-order valence-corrected chi connectivity index (χ1v) is 9.49. The van der Waals surface area contributed by atoms with Crippen LogP contribution in [-0.2, 0) is 32.5 Å². The van der Waals surface area contributed by atoms with Gasteiger partial charge in [0.1, 0.15) is 0 Å². The van der Waals surface area contributed by atoms with E-state index in [9.17, 15) is 9.90 Å². The Kier molecular flexibility index (Phi) is 4.19. The Morgan fingerprint density at radius 2 is 2.31 bits per heavy atom. The molecule has 0 unspecified atom stereocenters. The third kappa shape index (κ3) is 3.27. The van der Waals surface area contributed by atoms with E-state index in [-0.39, 0.29) is 11.7 Å². The molecule has 1 rings (SSSR count). The van der Waals surface area contributed by atoms with Crippen molar-refractivity contribution in [2.75, 3.05) is 0 Å². The van der Waals surface area contributed by atoms with E-state index >= 15 is 0 Å². The van der Waals surface area contributed by atoms with Gasteiger partial charge in [-0.3, -0.25) is 0 Å². The predicted molar refractivity (Wildman–Crippen MR) is 47.2 cm³/mol. The van der Waals surface area contributed by atoms with Crippen LogP contribution in [-0.4, -0.2) is 11.1 Å². The molecule has 0 aliphatic heterocycles. The molecule has 1 aromatic carbocycles. The molecule has 0 bridgehead atoms. The first-order chi connectivity index (χ1) is 6.11. The second kappa shape index (κ2) is 4.95. The summed E-state index contributed by atoms with van der Waals surface area (Å²) < 4.78 is 6.43. The van der Waals surface area contributed by atoms with Crippen molar-refractivity contribution in [1.29, 1.82) is 0 Å². The number of carbonyl (C=O) groups is 1. The molecule has 0 aliphatic rings. The molecule has 0 radical (unpaired) electrons. The van der Waals surface area contributed by atoms with Gasteiger partial charge in [0, 0.05) is 0 Å². The van der Waals surface area contributed by atoms with Gasteiger partial charge in [-0.1, -0.05) is 0 Å². The van der Waals surface area contributed by atoms with Crippen LogP contribution in [0.25, 0.3) is 0 Å². The van der Waals surface area contributed by atoms with Crippen LogP contribution in [0, 0.1) is 0 Å². The Bertz CT molecular complexity index is 327. The van der Waals surface area contributed by atoms with Gasteiger partial charge in [0.2, 0.25) is 0 Å². The number of phenolic OH excluding ortho intramolecular Hbond substituents is 1. The Morgan fingerprint density at radius 3 is 2.92 bits per heavy atom.